The minimum Gasteiger partial charge on any atom is -0.438 e. The third-order valence-electron chi connectivity index (χ3n) is 4.96. The van der Waals surface area contributed by atoms with Crippen molar-refractivity contribution in [1.82, 2.24) is 9.97 Å². The molecule has 0 aliphatic heterocycles. The topological polar surface area (TPSA) is 64.1 Å². The highest BCUT2D eigenvalue weighted by molar-refractivity contribution is 5.95. The predicted molar refractivity (Wildman–Crippen MR) is 131 cm³/mol. The molecular formula is C27H26F3N3O2. The van der Waals surface area contributed by atoms with Crippen LogP contribution in [0.15, 0.2) is 73.1 Å². The van der Waals surface area contributed by atoms with Crippen LogP contribution in [0, 0.1) is 0 Å². The number of nitrogens with one attached hydrogen (secondary N) is 1. The van der Waals surface area contributed by atoms with Gasteiger partial charge in [-0.2, -0.15) is 13.2 Å². The molecule has 5 nitrogen and oxygen atoms in total. The summed E-state index contributed by atoms with van der Waals surface area (Å²) < 4.78 is 44.3. The number of halogens is 3. The molecule has 0 aliphatic rings. The minimum atomic E-state index is -4.42. The second kappa shape index (κ2) is 11.5. The Morgan fingerprint density at radius 2 is 1.54 bits per heavy atom. The zero-order valence-corrected chi connectivity index (χ0v) is 19.6. The number of alkyl halides is 3. The molecule has 1 unspecified atom stereocenters. The molecule has 1 N–H and O–H groups in total. The summed E-state index contributed by atoms with van der Waals surface area (Å²) in [5, 5.41) is 4.74. The fraction of sp³-hybridized carbons (Fsp3) is 0.222. The summed E-state index contributed by atoms with van der Waals surface area (Å²) >= 11 is 0. The van der Waals surface area contributed by atoms with Crippen molar-refractivity contribution in [3.63, 3.8) is 0 Å². The van der Waals surface area contributed by atoms with Crippen molar-refractivity contribution in [2.24, 2.45) is 0 Å². The molecule has 1 atom stereocenters. The standard InChI is InChI=1S/C24H18F3N3O2.C3H8/c1-15(17-4-2-16(14-31)3-5-17)30-22-21-18(10-12-28-22)11-13-29-23(21)32-20-8-6-19(7-9-20)24(25,26)27;1-3-2/h2-15H,1H3,(H,28,30);3H2,1-2H3. The van der Waals surface area contributed by atoms with Gasteiger partial charge in [0.05, 0.1) is 10.9 Å². The largest absolute Gasteiger partial charge is 0.438 e. The fourth-order valence-electron chi connectivity index (χ4n) is 3.25. The first kappa shape index (κ1) is 25.7. The van der Waals surface area contributed by atoms with Crippen LogP contribution in [0.5, 0.6) is 11.6 Å². The highest BCUT2D eigenvalue weighted by Gasteiger charge is 2.30. The number of benzene rings is 2. The third-order valence-corrected chi connectivity index (χ3v) is 4.96. The van der Waals surface area contributed by atoms with Crippen molar-refractivity contribution in [2.75, 3.05) is 5.32 Å². The monoisotopic (exact) mass is 481 g/mol. The van der Waals surface area contributed by atoms with Gasteiger partial charge in [0.15, 0.2) is 0 Å². The van der Waals surface area contributed by atoms with E-state index < -0.39 is 11.7 Å². The number of pyridine rings is 2. The predicted octanol–water partition coefficient (Wildman–Crippen LogP) is 7.84. The van der Waals surface area contributed by atoms with E-state index >= 15 is 0 Å². The van der Waals surface area contributed by atoms with E-state index in [1.807, 2.05) is 19.1 Å². The molecule has 182 valence electrons. The second-order valence-electron chi connectivity index (χ2n) is 7.86. The first-order chi connectivity index (χ1) is 16.8. The maximum absolute atomic E-state index is 12.8. The van der Waals surface area contributed by atoms with E-state index in [2.05, 4.69) is 29.1 Å². The van der Waals surface area contributed by atoms with Gasteiger partial charge in [-0.25, -0.2) is 9.97 Å². The van der Waals surface area contributed by atoms with Crippen molar-refractivity contribution >= 4 is 22.9 Å². The molecule has 35 heavy (non-hydrogen) atoms. The normalized spacial score (nSPS) is 11.8. The fourth-order valence-corrected chi connectivity index (χ4v) is 3.25. The van der Waals surface area contributed by atoms with Crippen LogP contribution in [0.1, 0.15) is 54.7 Å². The van der Waals surface area contributed by atoms with Crippen LogP contribution in [0.3, 0.4) is 0 Å². The van der Waals surface area contributed by atoms with Gasteiger partial charge in [-0.3, -0.25) is 4.79 Å². The van der Waals surface area contributed by atoms with Crippen molar-refractivity contribution < 1.29 is 22.7 Å². The van der Waals surface area contributed by atoms with Gasteiger partial charge in [0.1, 0.15) is 17.9 Å². The van der Waals surface area contributed by atoms with E-state index in [0.29, 0.717) is 16.8 Å². The van der Waals surface area contributed by atoms with Crippen LogP contribution >= 0.6 is 0 Å². The Morgan fingerprint density at radius 3 is 2.11 bits per heavy atom. The number of fused-ring (bicyclic) bond motifs is 1. The Morgan fingerprint density at radius 1 is 0.943 bits per heavy atom. The number of hydrogen-bond acceptors (Lipinski definition) is 5. The summed E-state index contributed by atoms with van der Waals surface area (Å²) in [4.78, 5) is 19.6. The number of aldehydes is 1. The van der Waals surface area contributed by atoms with Crippen LogP contribution < -0.4 is 10.1 Å². The highest BCUT2D eigenvalue weighted by Crippen LogP contribution is 2.35. The summed E-state index contributed by atoms with van der Waals surface area (Å²) in [7, 11) is 0. The zero-order chi connectivity index (χ0) is 25.4. The van der Waals surface area contributed by atoms with Gasteiger partial charge in [-0.15, -0.1) is 0 Å². The molecule has 2 aromatic carbocycles. The number of rotatable bonds is 6. The smallest absolute Gasteiger partial charge is 0.416 e. The molecule has 2 heterocycles. The van der Waals surface area contributed by atoms with Gasteiger partial charge < -0.3 is 10.1 Å². The summed E-state index contributed by atoms with van der Waals surface area (Å²) in [6.45, 7) is 6.20. The Bertz CT molecular complexity index is 1250. The summed E-state index contributed by atoms with van der Waals surface area (Å²) in [6.07, 6.45) is 0.823. The lowest BCUT2D eigenvalue weighted by Crippen LogP contribution is -2.09. The van der Waals surface area contributed by atoms with E-state index in [1.54, 1.807) is 36.7 Å². The number of aromatic nitrogens is 2. The molecule has 0 bridgehead atoms. The molecule has 4 rings (SSSR count). The quantitative estimate of drug-likeness (QED) is 0.284. The molecule has 0 radical (unpaired) electrons. The van der Waals surface area contributed by atoms with E-state index in [1.165, 1.54) is 18.6 Å². The number of carbonyl (C=O) groups excluding carboxylic acids is 1. The SMILES string of the molecule is CC(Nc1nccc2ccnc(Oc3ccc(C(F)(F)F)cc3)c12)c1ccc(C=O)cc1.CCC. The molecule has 0 saturated heterocycles. The van der Waals surface area contributed by atoms with Crippen LogP contribution in [-0.4, -0.2) is 16.3 Å². The van der Waals surface area contributed by atoms with Crippen LogP contribution in [0.2, 0.25) is 0 Å². The summed E-state index contributed by atoms with van der Waals surface area (Å²) in [5.74, 6) is 0.969. The van der Waals surface area contributed by atoms with Gasteiger partial charge >= 0.3 is 6.18 Å². The van der Waals surface area contributed by atoms with Crippen LogP contribution in [0.4, 0.5) is 19.0 Å². The first-order valence-corrected chi connectivity index (χ1v) is 11.2. The Kier molecular flexibility index (Phi) is 8.41. The van der Waals surface area contributed by atoms with Crippen molar-refractivity contribution in [2.45, 2.75) is 39.4 Å². The molecule has 8 heteroatoms. The number of carbonyl (C=O) groups is 1. The average Bonchev–Trinajstić information content (AvgIpc) is 2.84. The lowest BCUT2D eigenvalue weighted by Gasteiger charge is -2.18. The minimum absolute atomic E-state index is 0.145. The molecule has 0 fully saturated rings. The molecule has 0 aliphatic carbocycles. The lowest BCUT2D eigenvalue weighted by atomic mass is 10.1. The highest BCUT2D eigenvalue weighted by atomic mass is 19.4. The molecule has 2 aromatic heterocycles. The van der Waals surface area contributed by atoms with Gasteiger partial charge in [-0.05, 0) is 54.3 Å². The summed E-state index contributed by atoms with van der Waals surface area (Å²) in [6, 6.07) is 15.0. The molecular weight excluding hydrogens is 455 g/mol. The van der Waals surface area contributed by atoms with Crippen molar-refractivity contribution in [3.05, 3.63) is 89.7 Å². The third kappa shape index (κ3) is 6.56. The van der Waals surface area contributed by atoms with Crippen LogP contribution in [-0.2, 0) is 6.18 Å². The number of ether oxygens (including phenoxy) is 1. The second-order valence-corrected chi connectivity index (χ2v) is 7.86. The van der Waals surface area contributed by atoms with Gasteiger partial charge in [0.25, 0.3) is 0 Å². The molecule has 4 aromatic rings. The van der Waals surface area contributed by atoms with E-state index in [-0.39, 0.29) is 17.7 Å². The van der Waals surface area contributed by atoms with Gasteiger partial charge in [-0.1, -0.05) is 44.5 Å². The number of anilines is 1. The summed E-state index contributed by atoms with van der Waals surface area (Å²) in [5.41, 5.74) is 0.776. The van der Waals surface area contributed by atoms with Crippen molar-refractivity contribution in [1.29, 1.82) is 0 Å². The van der Waals surface area contributed by atoms with Gasteiger partial charge in [0, 0.05) is 24.0 Å². The Labute approximate surface area is 202 Å². The zero-order valence-electron chi connectivity index (χ0n) is 19.6. The van der Waals surface area contributed by atoms with Crippen molar-refractivity contribution in [3.8, 4) is 11.6 Å². The maximum atomic E-state index is 12.8. The molecule has 0 amide bonds. The molecule has 0 spiro atoms. The van der Waals surface area contributed by atoms with Crippen LogP contribution in [0.25, 0.3) is 10.8 Å². The number of hydrogen-bond donors (Lipinski definition) is 1. The maximum Gasteiger partial charge on any atom is 0.416 e. The van der Waals surface area contributed by atoms with E-state index in [4.69, 9.17) is 4.74 Å². The Hall–Kier alpha value is -3.94. The van der Waals surface area contributed by atoms with E-state index in [9.17, 15) is 18.0 Å². The first-order valence-electron chi connectivity index (χ1n) is 11.2. The van der Waals surface area contributed by atoms with E-state index in [0.717, 1.165) is 29.4 Å². The average molecular weight is 482 g/mol. The number of nitrogens with zero attached hydrogens (tertiary/aromatic N) is 2. The Balaban J connectivity index is 0.00000108. The molecule has 0 saturated carbocycles. The van der Waals surface area contributed by atoms with Gasteiger partial charge in [0.2, 0.25) is 5.88 Å². The lowest BCUT2D eigenvalue weighted by molar-refractivity contribution is -0.137.